The molecule has 1 aromatic carbocycles. The Morgan fingerprint density at radius 3 is 2.09 bits per heavy atom. The predicted octanol–water partition coefficient (Wildman–Crippen LogP) is -2.04. The Morgan fingerprint density at radius 1 is 0.943 bits per heavy atom. The van der Waals surface area contributed by atoms with E-state index >= 15 is 0 Å². The Morgan fingerprint density at radius 2 is 1.54 bits per heavy atom. The molecule has 1 heterocycles. The summed E-state index contributed by atoms with van der Waals surface area (Å²) in [6, 6.07) is 3.83. The minimum Gasteiger partial charge on any atom is -0.480 e. The number of hydrogen-bond acceptors (Lipinski definition) is 7. The molecule has 0 radical (unpaired) electrons. The van der Waals surface area contributed by atoms with Crippen LogP contribution in [0.25, 0.3) is 0 Å². The highest BCUT2D eigenvalue weighted by atomic mass is 16.4. The first kappa shape index (κ1) is 27.0. The van der Waals surface area contributed by atoms with Crippen LogP contribution >= 0.6 is 0 Å². The molecule has 0 aliphatic heterocycles. The van der Waals surface area contributed by atoms with E-state index in [4.69, 9.17) is 11.5 Å². The molecular weight excluding hydrogens is 458 g/mol. The number of nitrogens with zero attached hydrogens (tertiary/aromatic N) is 1. The van der Waals surface area contributed by atoms with E-state index < -0.39 is 60.2 Å². The zero-order chi connectivity index (χ0) is 26.0. The Kier molecular flexibility index (Phi) is 9.90. The zero-order valence-electron chi connectivity index (χ0n) is 19.1. The monoisotopic (exact) mass is 487 g/mol. The molecular formula is C22H29N7O6. The van der Waals surface area contributed by atoms with E-state index in [0.29, 0.717) is 11.3 Å². The highest BCUT2D eigenvalue weighted by Crippen LogP contribution is 2.06. The predicted molar refractivity (Wildman–Crippen MR) is 123 cm³/mol. The number of amides is 4. The van der Waals surface area contributed by atoms with Gasteiger partial charge >= 0.3 is 5.97 Å². The van der Waals surface area contributed by atoms with Gasteiger partial charge in [-0.15, -0.1) is 0 Å². The second kappa shape index (κ2) is 12.8. The lowest BCUT2D eigenvalue weighted by molar-refractivity contribution is -0.142. The molecule has 1 aromatic heterocycles. The molecule has 0 fully saturated rings. The van der Waals surface area contributed by atoms with Gasteiger partial charge in [0.1, 0.15) is 18.1 Å². The molecule has 13 heteroatoms. The Labute approximate surface area is 201 Å². The van der Waals surface area contributed by atoms with Crippen molar-refractivity contribution in [2.45, 2.75) is 50.4 Å². The summed E-state index contributed by atoms with van der Waals surface area (Å²) in [5.74, 6) is -4.47. The number of imidazole rings is 1. The van der Waals surface area contributed by atoms with Gasteiger partial charge in [-0.1, -0.05) is 30.3 Å². The average molecular weight is 488 g/mol. The number of hydrogen-bond donors (Lipinski definition) is 7. The van der Waals surface area contributed by atoms with Crippen LogP contribution in [0, 0.1) is 0 Å². The van der Waals surface area contributed by atoms with Crippen LogP contribution in [0.4, 0.5) is 0 Å². The number of carbonyl (C=O) groups excluding carboxylic acids is 4. The molecule has 4 atom stereocenters. The fourth-order valence-electron chi connectivity index (χ4n) is 3.13. The first-order valence-electron chi connectivity index (χ1n) is 10.8. The number of benzene rings is 1. The van der Waals surface area contributed by atoms with Crippen LogP contribution in [0.3, 0.4) is 0 Å². The van der Waals surface area contributed by atoms with E-state index in [1.54, 1.807) is 30.3 Å². The summed E-state index contributed by atoms with van der Waals surface area (Å²) in [6.07, 6.45) is 2.22. The highest BCUT2D eigenvalue weighted by Gasteiger charge is 2.31. The van der Waals surface area contributed by atoms with Crippen molar-refractivity contribution < 1.29 is 29.1 Å². The molecule has 4 amide bonds. The van der Waals surface area contributed by atoms with E-state index in [1.165, 1.54) is 19.4 Å². The quantitative estimate of drug-likeness (QED) is 0.166. The van der Waals surface area contributed by atoms with Gasteiger partial charge in [0.2, 0.25) is 23.6 Å². The Balaban J connectivity index is 2.21. The number of aromatic amines is 1. The van der Waals surface area contributed by atoms with Crippen molar-refractivity contribution >= 4 is 29.6 Å². The molecule has 2 rings (SSSR count). The van der Waals surface area contributed by atoms with Crippen LogP contribution in [0.2, 0.25) is 0 Å². The van der Waals surface area contributed by atoms with Gasteiger partial charge in [-0.25, -0.2) is 9.78 Å². The van der Waals surface area contributed by atoms with Gasteiger partial charge in [0, 0.05) is 24.7 Å². The second-order valence-corrected chi connectivity index (χ2v) is 7.95. The standard InChI is InChI=1S/C22H29N7O6/c1-12(23)19(31)27-16(9-18(24)30)21(33)28-15(8-14-10-25-11-26-14)20(32)29-17(22(34)35)7-13-5-3-2-4-6-13/h2-6,10-12,15-17H,7-9,23H2,1H3,(H2,24,30)(H,25,26)(H,27,31)(H,28,33)(H,29,32)(H,34,35). The number of nitrogens with two attached hydrogens (primary N) is 2. The van der Waals surface area contributed by atoms with Crippen LogP contribution in [0.15, 0.2) is 42.9 Å². The van der Waals surface area contributed by atoms with Gasteiger partial charge in [-0.05, 0) is 12.5 Å². The smallest absolute Gasteiger partial charge is 0.326 e. The summed E-state index contributed by atoms with van der Waals surface area (Å²) in [7, 11) is 0. The fraction of sp³-hybridized carbons (Fsp3) is 0.364. The van der Waals surface area contributed by atoms with E-state index in [9.17, 15) is 29.1 Å². The third-order valence-corrected chi connectivity index (χ3v) is 4.96. The molecule has 0 saturated carbocycles. The Bertz CT molecular complexity index is 1030. The van der Waals surface area contributed by atoms with Gasteiger partial charge < -0.3 is 37.5 Å². The van der Waals surface area contributed by atoms with Gasteiger partial charge in [0.05, 0.1) is 18.8 Å². The zero-order valence-corrected chi connectivity index (χ0v) is 19.1. The third kappa shape index (κ3) is 8.89. The molecule has 188 valence electrons. The van der Waals surface area contributed by atoms with Crippen LogP contribution < -0.4 is 27.4 Å². The van der Waals surface area contributed by atoms with E-state index in [1.807, 2.05) is 0 Å². The largest absolute Gasteiger partial charge is 0.480 e. The van der Waals surface area contributed by atoms with Gasteiger partial charge in [0.15, 0.2) is 0 Å². The second-order valence-electron chi connectivity index (χ2n) is 7.95. The normalized spacial score (nSPS) is 14.1. The number of aromatic nitrogens is 2. The Hall–Kier alpha value is -4.26. The molecule has 4 unspecified atom stereocenters. The fourth-order valence-corrected chi connectivity index (χ4v) is 3.13. The molecule has 0 aliphatic rings. The van der Waals surface area contributed by atoms with E-state index in [2.05, 4.69) is 25.9 Å². The van der Waals surface area contributed by atoms with Crippen molar-refractivity contribution in [2.75, 3.05) is 0 Å². The minimum atomic E-state index is -1.39. The summed E-state index contributed by atoms with van der Waals surface area (Å²) in [6.45, 7) is 1.39. The number of carboxylic acid groups (broad SMARTS) is 1. The van der Waals surface area contributed by atoms with E-state index in [0.717, 1.165) is 0 Å². The van der Waals surface area contributed by atoms with Gasteiger partial charge in [0.25, 0.3) is 0 Å². The first-order valence-corrected chi connectivity index (χ1v) is 10.8. The van der Waals surface area contributed by atoms with Crippen molar-refractivity contribution in [2.24, 2.45) is 11.5 Å². The number of nitrogens with one attached hydrogen (secondary N) is 4. The summed E-state index contributed by atoms with van der Waals surface area (Å²) >= 11 is 0. The molecule has 0 saturated heterocycles. The maximum atomic E-state index is 13.1. The van der Waals surface area contributed by atoms with Gasteiger partial charge in [-0.3, -0.25) is 19.2 Å². The highest BCUT2D eigenvalue weighted by molar-refractivity contribution is 5.96. The third-order valence-electron chi connectivity index (χ3n) is 4.96. The van der Waals surface area contributed by atoms with Crippen molar-refractivity contribution in [1.82, 2.24) is 25.9 Å². The molecule has 35 heavy (non-hydrogen) atoms. The van der Waals surface area contributed by atoms with E-state index in [-0.39, 0.29) is 12.8 Å². The number of H-pyrrole nitrogens is 1. The molecule has 0 spiro atoms. The first-order chi connectivity index (χ1) is 16.6. The van der Waals surface area contributed by atoms with Gasteiger partial charge in [-0.2, -0.15) is 0 Å². The van der Waals surface area contributed by atoms with Crippen LogP contribution in [-0.4, -0.2) is 68.8 Å². The lowest BCUT2D eigenvalue weighted by Crippen LogP contribution is -2.58. The van der Waals surface area contributed by atoms with Crippen molar-refractivity contribution in [3.8, 4) is 0 Å². The van der Waals surface area contributed by atoms with Crippen LogP contribution in [-0.2, 0) is 36.8 Å². The number of aliphatic carboxylic acids is 1. The summed E-state index contributed by atoms with van der Waals surface area (Å²) in [5, 5.41) is 16.8. The van der Waals surface area contributed by atoms with Crippen molar-refractivity contribution in [3.63, 3.8) is 0 Å². The minimum absolute atomic E-state index is 0.0153. The van der Waals surface area contributed by atoms with Crippen molar-refractivity contribution in [1.29, 1.82) is 0 Å². The average Bonchev–Trinajstić information content (AvgIpc) is 3.31. The van der Waals surface area contributed by atoms with Crippen LogP contribution in [0.1, 0.15) is 24.6 Å². The summed E-state index contributed by atoms with van der Waals surface area (Å²) < 4.78 is 0. The summed E-state index contributed by atoms with van der Waals surface area (Å²) in [4.78, 5) is 67.8. The SMILES string of the molecule is CC(N)C(=O)NC(CC(N)=O)C(=O)NC(Cc1cnc[nH]1)C(=O)NC(Cc1ccccc1)C(=O)O. The lowest BCUT2D eigenvalue weighted by atomic mass is 10.0. The number of carbonyl (C=O) groups is 5. The maximum absolute atomic E-state index is 13.1. The number of rotatable bonds is 13. The topological polar surface area (TPSA) is 222 Å². The molecule has 13 nitrogen and oxygen atoms in total. The summed E-state index contributed by atoms with van der Waals surface area (Å²) in [5.41, 5.74) is 11.9. The molecule has 0 bridgehead atoms. The number of carboxylic acids is 1. The maximum Gasteiger partial charge on any atom is 0.326 e. The number of primary amides is 1. The molecule has 0 aliphatic carbocycles. The van der Waals surface area contributed by atoms with Crippen LogP contribution in [0.5, 0.6) is 0 Å². The lowest BCUT2D eigenvalue weighted by Gasteiger charge is -2.24. The van der Waals surface area contributed by atoms with Crippen molar-refractivity contribution in [3.05, 3.63) is 54.1 Å². The molecule has 9 N–H and O–H groups in total. The molecule has 2 aromatic rings.